The maximum absolute atomic E-state index is 11.9. The van der Waals surface area contributed by atoms with Crippen molar-refractivity contribution in [2.24, 2.45) is 5.73 Å². The summed E-state index contributed by atoms with van der Waals surface area (Å²) in [6.07, 6.45) is 2.53. The zero-order valence-electron chi connectivity index (χ0n) is 12.9. The smallest absolute Gasteiger partial charge is 0.319 e. The monoisotopic (exact) mass is 290 g/mol. The van der Waals surface area contributed by atoms with E-state index >= 15 is 0 Å². The molecule has 0 aliphatic carbocycles. The van der Waals surface area contributed by atoms with Crippen molar-refractivity contribution in [3.05, 3.63) is 29.8 Å². The predicted octanol–water partition coefficient (Wildman–Crippen LogP) is 2.31. The van der Waals surface area contributed by atoms with Crippen molar-refractivity contribution in [2.45, 2.75) is 38.8 Å². The van der Waals surface area contributed by atoms with E-state index in [1.807, 2.05) is 31.2 Å². The summed E-state index contributed by atoms with van der Waals surface area (Å²) in [7, 11) is 0. The Hall–Kier alpha value is -1.59. The molecule has 2 amide bonds. The lowest BCUT2D eigenvalue weighted by atomic mass is 10.1. The third-order valence-electron chi connectivity index (χ3n) is 3.99. The van der Waals surface area contributed by atoms with Gasteiger partial charge in [0.2, 0.25) is 0 Å². The fraction of sp³-hybridized carbons (Fsp3) is 0.562. The van der Waals surface area contributed by atoms with Gasteiger partial charge in [0, 0.05) is 24.3 Å². The molecule has 1 heterocycles. The molecule has 1 saturated heterocycles. The summed E-state index contributed by atoms with van der Waals surface area (Å²) >= 11 is 0. The third kappa shape index (κ3) is 4.72. The Morgan fingerprint density at radius 1 is 1.33 bits per heavy atom. The highest BCUT2D eigenvalue weighted by atomic mass is 16.2. The summed E-state index contributed by atoms with van der Waals surface area (Å²) in [5.74, 6) is 0. The van der Waals surface area contributed by atoms with Crippen LogP contribution >= 0.6 is 0 Å². The first-order chi connectivity index (χ1) is 10.1. The fourth-order valence-electron chi connectivity index (χ4n) is 2.63. The van der Waals surface area contributed by atoms with Gasteiger partial charge in [0.25, 0.3) is 0 Å². The summed E-state index contributed by atoms with van der Waals surface area (Å²) in [6, 6.07) is 7.83. The van der Waals surface area contributed by atoms with Crippen LogP contribution in [-0.2, 0) is 0 Å². The second-order valence-corrected chi connectivity index (χ2v) is 5.84. The molecule has 0 bridgehead atoms. The topological polar surface area (TPSA) is 70.4 Å². The largest absolute Gasteiger partial charge is 0.336 e. The van der Waals surface area contributed by atoms with Crippen LogP contribution in [0, 0.1) is 0 Å². The quantitative estimate of drug-likeness (QED) is 0.779. The number of carbonyl (C=O) groups excluding carboxylic acids is 1. The molecule has 1 fully saturated rings. The van der Waals surface area contributed by atoms with Crippen LogP contribution < -0.4 is 16.4 Å². The van der Waals surface area contributed by atoms with Gasteiger partial charge in [0.1, 0.15) is 0 Å². The van der Waals surface area contributed by atoms with E-state index in [0.29, 0.717) is 12.6 Å². The number of anilines is 1. The first-order valence-electron chi connectivity index (χ1n) is 7.70. The molecule has 1 aromatic rings. The van der Waals surface area contributed by atoms with Crippen molar-refractivity contribution >= 4 is 11.7 Å². The Morgan fingerprint density at radius 3 is 2.71 bits per heavy atom. The fourth-order valence-corrected chi connectivity index (χ4v) is 2.63. The van der Waals surface area contributed by atoms with Gasteiger partial charge in [-0.2, -0.15) is 0 Å². The number of hydrogen-bond acceptors (Lipinski definition) is 3. The number of carbonyl (C=O) groups is 1. The number of rotatable bonds is 5. The van der Waals surface area contributed by atoms with Gasteiger partial charge in [0.15, 0.2) is 0 Å². The Labute approximate surface area is 126 Å². The van der Waals surface area contributed by atoms with E-state index in [9.17, 15) is 4.79 Å². The number of benzene rings is 1. The number of nitrogens with zero attached hydrogens (tertiary/aromatic N) is 1. The molecule has 2 unspecified atom stereocenters. The Kier molecular flexibility index (Phi) is 5.59. The van der Waals surface area contributed by atoms with Crippen molar-refractivity contribution in [3.63, 3.8) is 0 Å². The summed E-state index contributed by atoms with van der Waals surface area (Å²) in [5.41, 5.74) is 7.63. The number of hydrogen-bond donors (Lipinski definition) is 3. The number of urea groups is 1. The lowest BCUT2D eigenvalue weighted by molar-refractivity contribution is 0.234. The molecular formula is C16H26N4O. The minimum absolute atomic E-state index is 0.0370. The summed E-state index contributed by atoms with van der Waals surface area (Å²) in [6.45, 7) is 7.03. The number of nitrogens with two attached hydrogens (primary N) is 1. The van der Waals surface area contributed by atoms with Crippen molar-refractivity contribution in [2.75, 3.05) is 25.0 Å². The zero-order valence-corrected chi connectivity index (χ0v) is 12.9. The van der Waals surface area contributed by atoms with Gasteiger partial charge in [-0.15, -0.1) is 0 Å². The number of nitrogens with one attached hydrogen (secondary N) is 2. The van der Waals surface area contributed by atoms with Crippen molar-refractivity contribution < 1.29 is 4.79 Å². The van der Waals surface area contributed by atoms with E-state index < -0.39 is 0 Å². The van der Waals surface area contributed by atoms with Gasteiger partial charge in [-0.3, -0.25) is 4.90 Å². The van der Waals surface area contributed by atoms with E-state index in [1.165, 1.54) is 12.8 Å². The average molecular weight is 290 g/mol. The standard InChI is InChI=1S/C16H26N4O/c1-12(20-8-3-4-9-20)11-18-16(21)19-15-7-5-6-14(10-15)13(2)17/h5-7,10,12-13H,3-4,8-9,11,17H2,1-2H3,(H2,18,19,21). The molecule has 0 saturated carbocycles. The van der Waals surface area contributed by atoms with E-state index in [2.05, 4.69) is 22.5 Å². The molecule has 2 rings (SSSR count). The Morgan fingerprint density at radius 2 is 2.05 bits per heavy atom. The average Bonchev–Trinajstić information content (AvgIpc) is 2.99. The molecule has 21 heavy (non-hydrogen) atoms. The van der Waals surface area contributed by atoms with Crippen LogP contribution in [0.25, 0.3) is 0 Å². The van der Waals surface area contributed by atoms with Gasteiger partial charge in [0.05, 0.1) is 0 Å². The molecule has 5 heteroatoms. The van der Waals surface area contributed by atoms with Gasteiger partial charge in [-0.1, -0.05) is 12.1 Å². The highest BCUT2D eigenvalue weighted by Crippen LogP contribution is 2.15. The van der Waals surface area contributed by atoms with Gasteiger partial charge in [-0.05, 0) is 57.5 Å². The minimum atomic E-state index is -0.164. The lowest BCUT2D eigenvalue weighted by Gasteiger charge is -2.23. The van der Waals surface area contributed by atoms with Gasteiger partial charge in [-0.25, -0.2) is 4.79 Å². The van der Waals surface area contributed by atoms with Crippen LogP contribution in [0.2, 0.25) is 0 Å². The maximum atomic E-state index is 11.9. The molecule has 0 radical (unpaired) electrons. The third-order valence-corrected chi connectivity index (χ3v) is 3.99. The Balaban J connectivity index is 1.80. The second-order valence-electron chi connectivity index (χ2n) is 5.84. The summed E-state index contributed by atoms with van der Waals surface area (Å²) < 4.78 is 0. The molecule has 1 aliphatic rings. The molecule has 0 aromatic heterocycles. The zero-order chi connectivity index (χ0) is 15.2. The first kappa shape index (κ1) is 15.8. The molecule has 5 nitrogen and oxygen atoms in total. The minimum Gasteiger partial charge on any atom is -0.336 e. The molecule has 0 spiro atoms. The van der Waals surface area contributed by atoms with Crippen LogP contribution in [-0.4, -0.2) is 36.6 Å². The van der Waals surface area contributed by atoms with Crippen LogP contribution in [0.15, 0.2) is 24.3 Å². The summed E-state index contributed by atoms with van der Waals surface area (Å²) in [4.78, 5) is 14.4. The van der Waals surface area contributed by atoms with E-state index in [-0.39, 0.29) is 12.1 Å². The normalized spacial score (nSPS) is 18.2. The molecule has 4 N–H and O–H groups in total. The lowest BCUT2D eigenvalue weighted by Crippen LogP contribution is -2.42. The van der Waals surface area contributed by atoms with E-state index in [4.69, 9.17) is 5.73 Å². The van der Waals surface area contributed by atoms with Crippen LogP contribution in [0.4, 0.5) is 10.5 Å². The number of likely N-dealkylation sites (tertiary alicyclic amines) is 1. The van der Waals surface area contributed by atoms with Crippen molar-refractivity contribution in [3.8, 4) is 0 Å². The van der Waals surface area contributed by atoms with Crippen molar-refractivity contribution in [1.82, 2.24) is 10.2 Å². The second kappa shape index (κ2) is 7.43. The predicted molar refractivity (Wildman–Crippen MR) is 86.3 cm³/mol. The SMILES string of the molecule is CC(N)c1cccc(NC(=O)NCC(C)N2CCCC2)c1. The molecular weight excluding hydrogens is 264 g/mol. The molecule has 116 valence electrons. The van der Waals surface area contributed by atoms with Crippen molar-refractivity contribution in [1.29, 1.82) is 0 Å². The molecule has 2 atom stereocenters. The van der Waals surface area contributed by atoms with Gasteiger partial charge < -0.3 is 16.4 Å². The van der Waals surface area contributed by atoms with Crippen LogP contribution in [0.1, 0.15) is 38.3 Å². The van der Waals surface area contributed by atoms with Crippen LogP contribution in [0.5, 0.6) is 0 Å². The van der Waals surface area contributed by atoms with E-state index in [0.717, 1.165) is 24.3 Å². The summed E-state index contributed by atoms with van der Waals surface area (Å²) in [5, 5.41) is 5.79. The van der Waals surface area contributed by atoms with Crippen LogP contribution in [0.3, 0.4) is 0 Å². The maximum Gasteiger partial charge on any atom is 0.319 e. The van der Waals surface area contributed by atoms with Gasteiger partial charge >= 0.3 is 6.03 Å². The van der Waals surface area contributed by atoms with E-state index in [1.54, 1.807) is 0 Å². The molecule has 1 aliphatic heterocycles. The Bertz CT molecular complexity index is 469. The number of amides is 2. The highest BCUT2D eigenvalue weighted by molar-refractivity contribution is 5.89. The molecule has 1 aromatic carbocycles. The first-order valence-corrected chi connectivity index (χ1v) is 7.70. The highest BCUT2D eigenvalue weighted by Gasteiger charge is 2.18.